The molecule has 1 aromatic heterocycles. The van der Waals surface area contributed by atoms with Crippen LogP contribution < -0.4 is 10.1 Å². The van der Waals surface area contributed by atoms with Crippen LogP contribution >= 0.6 is 0 Å². The van der Waals surface area contributed by atoms with Crippen LogP contribution in [0.3, 0.4) is 0 Å². The maximum Gasteiger partial charge on any atom is 0.257 e. The average Bonchev–Trinajstić information content (AvgIpc) is 2.93. The van der Waals surface area contributed by atoms with Crippen molar-refractivity contribution in [3.8, 4) is 5.75 Å². The fraction of sp³-hybridized carbons (Fsp3) is 0.0625. The summed E-state index contributed by atoms with van der Waals surface area (Å²) in [4.78, 5) is 15.4. The van der Waals surface area contributed by atoms with Gasteiger partial charge in [0.2, 0.25) is 0 Å². The number of H-pyrrole nitrogens is 1. The first kappa shape index (κ1) is 13.2. The Labute approximate surface area is 120 Å². The molecule has 0 aliphatic carbocycles. The summed E-state index contributed by atoms with van der Waals surface area (Å²) in [6, 6.07) is 11.5. The van der Waals surface area contributed by atoms with E-state index in [0.717, 1.165) is 10.9 Å². The van der Waals surface area contributed by atoms with Crippen molar-refractivity contribution in [3.05, 3.63) is 60.0 Å². The standard InChI is InChI=1S/C16H13FN2O2/c1-21-15-8-10(17)6-7-14(15)19-16(20)12-9-18-13-5-3-2-4-11(12)13/h2-9,18H,1H3,(H,19,20). The quantitative estimate of drug-likeness (QED) is 0.772. The van der Waals surface area contributed by atoms with E-state index >= 15 is 0 Å². The molecule has 1 heterocycles. The van der Waals surface area contributed by atoms with Gasteiger partial charge in [0, 0.05) is 23.2 Å². The molecule has 0 saturated heterocycles. The Morgan fingerprint density at radius 2 is 2.05 bits per heavy atom. The lowest BCUT2D eigenvalue weighted by molar-refractivity contribution is 0.102. The third kappa shape index (κ3) is 2.45. The molecule has 0 aliphatic heterocycles. The normalized spacial score (nSPS) is 10.6. The van der Waals surface area contributed by atoms with Gasteiger partial charge >= 0.3 is 0 Å². The highest BCUT2D eigenvalue weighted by Crippen LogP contribution is 2.26. The fourth-order valence-corrected chi connectivity index (χ4v) is 2.22. The molecule has 4 nitrogen and oxygen atoms in total. The van der Waals surface area contributed by atoms with Crippen LogP contribution in [0.5, 0.6) is 5.75 Å². The summed E-state index contributed by atoms with van der Waals surface area (Å²) in [7, 11) is 1.43. The van der Waals surface area contributed by atoms with Crippen LogP contribution in [0, 0.1) is 5.82 Å². The molecular formula is C16H13FN2O2. The zero-order valence-corrected chi connectivity index (χ0v) is 11.3. The number of hydrogen-bond donors (Lipinski definition) is 2. The number of methoxy groups -OCH3 is 1. The van der Waals surface area contributed by atoms with E-state index in [9.17, 15) is 9.18 Å². The van der Waals surface area contributed by atoms with E-state index in [4.69, 9.17) is 4.74 Å². The number of nitrogens with one attached hydrogen (secondary N) is 2. The molecule has 0 spiro atoms. The monoisotopic (exact) mass is 284 g/mol. The summed E-state index contributed by atoms with van der Waals surface area (Å²) in [6.45, 7) is 0. The molecule has 0 fully saturated rings. The zero-order valence-electron chi connectivity index (χ0n) is 11.3. The highest BCUT2D eigenvalue weighted by atomic mass is 19.1. The number of ether oxygens (including phenoxy) is 1. The molecule has 1 amide bonds. The number of para-hydroxylation sites is 1. The van der Waals surface area contributed by atoms with Crippen molar-refractivity contribution >= 4 is 22.5 Å². The molecule has 2 N–H and O–H groups in total. The van der Waals surface area contributed by atoms with Gasteiger partial charge < -0.3 is 15.0 Å². The third-order valence-corrected chi connectivity index (χ3v) is 3.25. The molecule has 0 aliphatic rings. The Balaban J connectivity index is 1.93. The number of carbonyl (C=O) groups is 1. The molecule has 3 rings (SSSR count). The van der Waals surface area contributed by atoms with Crippen molar-refractivity contribution < 1.29 is 13.9 Å². The lowest BCUT2D eigenvalue weighted by Gasteiger charge is -2.09. The number of benzene rings is 2. The SMILES string of the molecule is COc1cc(F)ccc1NC(=O)c1c[nH]c2ccccc12. The maximum atomic E-state index is 13.2. The van der Waals surface area contributed by atoms with Crippen molar-refractivity contribution in [2.24, 2.45) is 0 Å². The number of halogens is 1. The smallest absolute Gasteiger partial charge is 0.257 e. The van der Waals surface area contributed by atoms with Gasteiger partial charge in [-0.15, -0.1) is 0 Å². The Morgan fingerprint density at radius 3 is 2.86 bits per heavy atom. The first-order chi connectivity index (χ1) is 10.2. The van der Waals surface area contributed by atoms with E-state index in [1.54, 1.807) is 6.20 Å². The van der Waals surface area contributed by atoms with Crippen LogP contribution in [0.4, 0.5) is 10.1 Å². The van der Waals surface area contributed by atoms with Crippen LogP contribution in [-0.2, 0) is 0 Å². The van der Waals surface area contributed by atoms with E-state index in [1.165, 1.54) is 25.3 Å². The largest absolute Gasteiger partial charge is 0.494 e. The van der Waals surface area contributed by atoms with Gasteiger partial charge in [-0.2, -0.15) is 0 Å². The average molecular weight is 284 g/mol. The number of hydrogen-bond acceptors (Lipinski definition) is 2. The van der Waals surface area contributed by atoms with Gasteiger partial charge in [-0.05, 0) is 18.2 Å². The summed E-state index contributed by atoms with van der Waals surface area (Å²) in [5, 5.41) is 3.56. The maximum absolute atomic E-state index is 13.2. The number of aromatic amines is 1. The lowest BCUT2D eigenvalue weighted by Crippen LogP contribution is -2.12. The summed E-state index contributed by atoms with van der Waals surface area (Å²) in [6.07, 6.45) is 1.65. The molecule has 2 aromatic carbocycles. The van der Waals surface area contributed by atoms with E-state index in [1.807, 2.05) is 24.3 Å². The second-order valence-electron chi connectivity index (χ2n) is 4.55. The third-order valence-electron chi connectivity index (χ3n) is 3.25. The number of aromatic nitrogens is 1. The van der Waals surface area contributed by atoms with Crippen molar-refractivity contribution in [1.29, 1.82) is 0 Å². The van der Waals surface area contributed by atoms with Crippen LogP contribution in [-0.4, -0.2) is 18.0 Å². The van der Waals surface area contributed by atoms with Crippen LogP contribution in [0.15, 0.2) is 48.7 Å². The second kappa shape index (κ2) is 5.28. The van der Waals surface area contributed by atoms with Gasteiger partial charge in [0.1, 0.15) is 11.6 Å². The minimum absolute atomic E-state index is 0.280. The van der Waals surface area contributed by atoms with Gasteiger partial charge in [-0.3, -0.25) is 4.79 Å². The molecule has 3 aromatic rings. The highest BCUT2D eigenvalue weighted by Gasteiger charge is 2.14. The minimum Gasteiger partial charge on any atom is -0.494 e. The molecule has 21 heavy (non-hydrogen) atoms. The highest BCUT2D eigenvalue weighted by molar-refractivity contribution is 6.13. The molecule has 0 radical (unpaired) electrons. The van der Waals surface area contributed by atoms with Crippen molar-refractivity contribution in [3.63, 3.8) is 0 Å². The predicted octanol–water partition coefficient (Wildman–Crippen LogP) is 3.57. The number of carbonyl (C=O) groups excluding carboxylic acids is 1. The molecule has 106 valence electrons. The topological polar surface area (TPSA) is 54.1 Å². The van der Waals surface area contributed by atoms with E-state index in [-0.39, 0.29) is 11.7 Å². The number of anilines is 1. The number of fused-ring (bicyclic) bond motifs is 1. The van der Waals surface area contributed by atoms with Crippen molar-refractivity contribution in [2.75, 3.05) is 12.4 Å². The second-order valence-corrected chi connectivity index (χ2v) is 4.55. The zero-order chi connectivity index (χ0) is 14.8. The first-order valence-electron chi connectivity index (χ1n) is 6.40. The predicted molar refractivity (Wildman–Crippen MR) is 79.2 cm³/mol. The van der Waals surface area contributed by atoms with E-state index in [0.29, 0.717) is 11.3 Å². The van der Waals surface area contributed by atoms with Gasteiger partial charge in [-0.25, -0.2) is 4.39 Å². The number of amides is 1. The summed E-state index contributed by atoms with van der Waals surface area (Å²) in [5.74, 6) is -0.419. The van der Waals surface area contributed by atoms with Crippen molar-refractivity contribution in [1.82, 2.24) is 4.98 Å². The molecule has 5 heteroatoms. The lowest BCUT2D eigenvalue weighted by atomic mass is 10.1. The summed E-state index contributed by atoms with van der Waals surface area (Å²) < 4.78 is 18.2. The number of rotatable bonds is 3. The molecule has 0 unspecified atom stereocenters. The Hall–Kier alpha value is -2.82. The molecule has 0 bridgehead atoms. The van der Waals surface area contributed by atoms with E-state index < -0.39 is 5.82 Å². The summed E-state index contributed by atoms with van der Waals surface area (Å²) >= 11 is 0. The van der Waals surface area contributed by atoms with Crippen molar-refractivity contribution in [2.45, 2.75) is 0 Å². The van der Waals surface area contributed by atoms with Crippen LogP contribution in [0.2, 0.25) is 0 Å². The van der Waals surface area contributed by atoms with Gasteiger partial charge in [-0.1, -0.05) is 18.2 Å². The first-order valence-corrected chi connectivity index (χ1v) is 6.40. The van der Waals surface area contributed by atoms with Crippen LogP contribution in [0.25, 0.3) is 10.9 Å². The Morgan fingerprint density at radius 1 is 1.24 bits per heavy atom. The van der Waals surface area contributed by atoms with Gasteiger partial charge in [0.25, 0.3) is 5.91 Å². The summed E-state index contributed by atoms with van der Waals surface area (Å²) in [5.41, 5.74) is 1.83. The molecule has 0 atom stereocenters. The minimum atomic E-state index is -0.419. The Kier molecular flexibility index (Phi) is 3.31. The van der Waals surface area contributed by atoms with Gasteiger partial charge in [0.05, 0.1) is 18.4 Å². The van der Waals surface area contributed by atoms with Crippen LogP contribution in [0.1, 0.15) is 10.4 Å². The van der Waals surface area contributed by atoms with Gasteiger partial charge in [0.15, 0.2) is 0 Å². The Bertz CT molecular complexity index is 811. The fourth-order valence-electron chi connectivity index (χ4n) is 2.22. The molecular weight excluding hydrogens is 271 g/mol. The van der Waals surface area contributed by atoms with E-state index in [2.05, 4.69) is 10.3 Å². The molecule has 0 saturated carbocycles.